The molecule has 0 fully saturated rings. The Balaban J connectivity index is 1.46. The topological polar surface area (TPSA) is 107 Å². The second kappa shape index (κ2) is 7.96. The van der Waals surface area contributed by atoms with Crippen LogP contribution >= 0.6 is 0 Å². The first-order valence-electron chi connectivity index (χ1n) is 10.6. The summed E-state index contributed by atoms with van der Waals surface area (Å²) in [5.41, 5.74) is 3.79. The molecule has 2 amide bonds. The summed E-state index contributed by atoms with van der Waals surface area (Å²) in [6.07, 6.45) is 0.733. The van der Waals surface area contributed by atoms with Crippen LogP contribution < -0.4 is 21.1 Å². The maximum Gasteiger partial charge on any atom is 0.258 e. The van der Waals surface area contributed by atoms with Crippen LogP contribution in [0.25, 0.3) is 0 Å². The van der Waals surface area contributed by atoms with Gasteiger partial charge in [-0.05, 0) is 36.1 Å². The molecule has 162 valence electrons. The molecule has 32 heavy (non-hydrogen) atoms. The molecule has 1 atom stereocenters. The lowest BCUT2D eigenvalue weighted by molar-refractivity contribution is -0.123. The number of carbonyl (C=O) groups excluding carboxylic acids is 2. The fourth-order valence-corrected chi connectivity index (χ4v) is 4.34. The summed E-state index contributed by atoms with van der Waals surface area (Å²) < 4.78 is 0. The average Bonchev–Trinajstić information content (AvgIpc) is 2.79. The number of aromatic amines is 1. The molecule has 0 radical (unpaired) electrons. The standard InChI is InChI=1S/C24H23N5O3/c1-14-6-2-5-9-18(14)25-22(31)17-12-19(30)26-21-20(17)23(32)28-24(27-21)29-11-10-15-7-3-4-8-16(15)13-29/h2-9,17H,10-13H2,1H3,(H,25,31)(H2,26,27,28,30,32)/t17-/m0/s1. The van der Waals surface area contributed by atoms with E-state index >= 15 is 0 Å². The second-order valence-corrected chi connectivity index (χ2v) is 8.20. The normalized spacial score (nSPS) is 17.2. The highest BCUT2D eigenvalue weighted by Gasteiger charge is 2.35. The molecule has 0 aliphatic carbocycles. The number of carbonyl (C=O) groups is 2. The van der Waals surface area contributed by atoms with Crippen molar-refractivity contribution in [3.63, 3.8) is 0 Å². The van der Waals surface area contributed by atoms with E-state index in [-0.39, 0.29) is 23.7 Å². The molecule has 0 spiro atoms. The Labute approximate surface area is 184 Å². The summed E-state index contributed by atoms with van der Waals surface area (Å²) in [5.74, 6) is -1.10. The molecule has 0 saturated carbocycles. The van der Waals surface area contributed by atoms with Gasteiger partial charge in [0.1, 0.15) is 5.82 Å². The van der Waals surface area contributed by atoms with Crippen LogP contribution in [0.5, 0.6) is 0 Å². The van der Waals surface area contributed by atoms with Crippen molar-refractivity contribution in [2.24, 2.45) is 0 Å². The quantitative estimate of drug-likeness (QED) is 0.593. The van der Waals surface area contributed by atoms with Crippen molar-refractivity contribution < 1.29 is 9.59 Å². The number of H-pyrrole nitrogens is 1. The molecule has 2 aliphatic rings. The fraction of sp³-hybridized carbons (Fsp3) is 0.250. The summed E-state index contributed by atoms with van der Waals surface area (Å²) in [6, 6.07) is 15.5. The third-order valence-corrected chi connectivity index (χ3v) is 6.09. The number of benzene rings is 2. The summed E-state index contributed by atoms with van der Waals surface area (Å²) in [7, 11) is 0. The van der Waals surface area contributed by atoms with Crippen LogP contribution in [0.4, 0.5) is 17.5 Å². The van der Waals surface area contributed by atoms with Crippen LogP contribution in [-0.2, 0) is 22.6 Å². The summed E-state index contributed by atoms with van der Waals surface area (Å²) >= 11 is 0. The molecule has 0 unspecified atom stereocenters. The van der Waals surface area contributed by atoms with Gasteiger partial charge in [-0.25, -0.2) is 0 Å². The molecule has 2 aliphatic heterocycles. The van der Waals surface area contributed by atoms with Gasteiger partial charge in [-0.3, -0.25) is 19.4 Å². The van der Waals surface area contributed by atoms with Gasteiger partial charge in [-0.2, -0.15) is 4.98 Å². The summed E-state index contributed by atoms with van der Waals surface area (Å²) in [5, 5.41) is 5.53. The first-order valence-corrected chi connectivity index (χ1v) is 10.6. The third-order valence-electron chi connectivity index (χ3n) is 6.09. The van der Waals surface area contributed by atoms with Crippen molar-refractivity contribution in [2.75, 3.05) is 22.1 Å². The lowest BCUT2D eigenvalue weighted by Gasteiger charge is -2.30. The van der Waals surface area contributed by atoms with Crippen molar-refractivity contribution in [1.82, 2.24) is 9.97 Å². The van der Waals surface area contributed by atoms with Crippen LogP contribution in [0, 0.1) is 6.92 Å². The predicted molar refractivity (Wildman–Crippen MR) is 122 cm³/mol. The highest BCUT2D eigenvalue weighted by molar-refractivity contribution is 6.04. The zero-order valence-corrected chi connectivity index (χ0v) is 17.6. The minimum absolute atomic E-state index is 0.105. The first-order chi connectivity index (χ1) is 15.5. The van der Waals surface area contributed by atoms with E-state index in [0.717, 1.165) is 12.0 Å². The average molecular weight is 429 g/mol. The van der Waals surface area contributed by atoms with Crippen molar-refractivity contribution in [3.05, 3.63) is 81.1 Å². The molecule has 5 rings (SSSR count). The van der Waals surface area contributed by atoms with Gasteiger partial charge < -0.3 is 15.5 Å². The lowest BCUT2D eigenvalue weighted by atomic mass is 9.92. The Bertz CT molecular complexity index is 1280. The van der Waals surface area contributed by atoms with Gasteiger partial charge in [0.15, 0.2) is 0 Å². The second-order valence-electron chi connectivity index (χ2n) is 8.20. The number of para-hydroxylation sites is 1. The number of amides is 2. The molecule has 3 aromatic rings. The molecule has 0 bridgehead atoms. The number of rotatable bonds is 3. The van der Waals surface area contributed by atoms with Gasteiger partial charge in [0.2, 0.25) is 17.8 Å². The minimum atomic E-state index is -0.911. The molecule has 1 aromatic heterocycles. The van der Waals surface area contributed by atoms with Gasteiger partial charge in [0.25, 0.3) is 5.56 Å². The van der Waals surface area contributed by atoms with Crippen molar-refractivity contribution in [2.45, 2.75) is 32.2 Å². The number of fused-ring (bicyclic) bond motifs is 2. The molecule has 3 heterocycles. The van der Waals surface area contributed by atoms with Gasteiger partial charge >= 0.3 is 0 Å². The van der Waals surface area contributed by atoms with E-state index in [4.69, 9.17) is 0 Å². The SMILES string of the molecule is Cc1ccccc1NC(=O)[C@H]1CC(=O)Nc2nc(N3CCc4ccccc4C3)[nH]c(=O)c21. The van der Waals surface area contributed by atoms with Crippen molar-refractivity contribution in [1.29, 1.82) is 0 Å². The molecule has 8 nitrogen and oxygen atoms in total. The Hall–Kier alpha value is -3.94. The predicted octanol–water partition coefficient (Wildman–Crippen LogP) is 2.71. The Morgan fingerprint density at radius 2 is 1.84 bits per heavy atom. The Morgan fingerprint density at radius 1 is 1.09 bits per heavy atom. The molecule has 8 heteroatoms. The third kappa shape index (κ3) is 3.64. The van der Waals surface area contributed by atoms with E-state index in [2.05, 4.69) is 32.7 Å². The summed E-state index contributed by atoms with van der Waals surface area (Å²) in [6.45, 7) is 3.20. The zero-order valence-electron chi connectivity index (χ0n) is 17.6. The minimum Gasteiger partial charge on any atom is -0.338 e. The number of anilines is 3. The maximum absolute atomic E-state index is 13.1. The van der Waals surface area contributed by atoms with E-state index in [0.29, 0.717) is 24.7 Å². The number of nitrogens with zero attached hydrogens (tertiary/aromatic N) is 2. The van der Waals surface area contributed by atoms with E-state index < -0.39 is 17.4 Å². The number of hydrogen-bond donors (Lipinski definition) is 3. The Kier molecular flexibility index (Phi) is 4.97. The molecular formula is C24H23N5O3. The largest absolute Gasteiger partial charge is 0.338 e. The fourth-order valence-electron chi connectivity index (χ4n) is 4.34. The van der Waals surface area contributed by atoms with Crippen LogP contribution in [0.15, 0.2) is 53.3 Å². The van der Waals surface area contributed by atoms with Gasteiger partial charge in [0.05, 0.1) is 11.5 Å². The van der Waals surface area contributed by atoms with Gasteiger partial charge in [0, 0.05) is 25.2 Å². The molecule has 2 aromatic carbocycles. The van der Waals surface area contributed by atoms with E-state index in [9.17, 15) is 14.4 Å². The number of nitrogens with one attached hydrogen (secondary N) is 3. The number of aryl methyl sites for hydroxylation is 1. The zero-order chi connectivity index (χ0) is 22.2. The monoisotopic (exact) mass is 429 g/mol. The van der Waals surface area contributed by atoms with Crippen LogP contribution in [0.2, 0.25) is 0 Å². The number of aromatic nitrogens is 2. The number of hydrogen-bond acceptors (Lipinski definition) is 5. The Morgan fingerprint density at radius 3 is 2.66 bits per heavy atom. The highest BCUT2D eigenvalue weighted by atomic mass is 16.2. The van der Waals surface area contributed by atoms with E-state index in [1.807, 2.05) is 42.2 Å². The molecule has 0 saturated heterocycles. The molecule has 3 N–H and O–H groups in total. The van der Waals surface area contributed by atoms with Crippen LogP contribution in [0.1, 0.15) is 34.6 Å². The lowest BCUT2D eigenvalue weighted by Crippen LogP contribution is -2.39. The van der Waals surface area contributed by atoms with Gasteiger partial charge in [-0.1, -0.05) is 42.5 Å². The highest BCUT2D eigenvalue weighted by Crippen LogP contribution is 2.31. The van der Waals surface area contributed by atoms with E-state index in [1.165, 1.54) is 11.1 Å². The smallest absolute Gasteiger partial charge is 0.258 e. The van der Waals surface area contributed by atoms with Crippen LogP contribution in [-0.4, -0.2) is 28.3 Å². The van der Waals surface area contributed by atoms with E-state index in [1.54, 1.807) is 6.07 Å². The van der Waals surface area contributed by atoms with Gasteiger partial charge in [-0.15, -0.1) is 0 Å². The molecular weight excluding hydrogens is 406 g/mol. The van der Waals surface area contributed by atoms with Crippen molar-refractivity contribution >= 4 is 29.3 Å². The maximum atomic E-state index is 13.1. The summed E-state index contributed by atoms with van der Waals surface area (Å²) in [4.78, 5) is 47.8. The van der Waals surface area contributed by atoms with Crippen LogP contribution in [0.3, 0.4) is 0 Å². The first kappa shape index (κ1) is 20.0. The van der Waals surface area contributed by atoms with Crippen molar-refractivity contribution in [3.8, 4) is 0 Å².